The molecular weight excluding hydrogens is 665 g/mol. The van der Waals surface area contributed by atoms with Crippen molar-refractivity contribution in [2.75, 3.05) is 10.2 Å². The molecule has 0 bridgehead atoms. The standard InChI is InChI=1S/C53H40N2/c1-3-14-39-31-42(22-21-35(39)11-1)52-34-51(55(52)44-29-25-36-12-2-4-15-40(36)32-44)38-23-27-43(28-24-38)54-50-20-10-9-19-47(50)49-33-41-16-6-7-17-45(41)48-30-26-37-13-5-8-18-46(37)53(48)49/h1-8,10-18,20-34,49,51,53-54H,9,19H2. The van der Waals surface area contributed by atoms with Gasteiger partial charge in [0.25, 0.3) is 0 Å². The number of allylic oxidation sites excluding steroid dienone is 4. The molecule has 0 radical (unpaired) electrons. The Hall–Kier alpha value is -6.64. The molecule has 1 N–H and O–H groups in total. The van der Waals surface area contributed by atoms with Gasteiger partial charge in [-0.25, -0.2) is 0 Å². The minimum Gasteiger partial charge on any atom is -0.356 e. The van der Waals surface area contributed by atoms with Crippen molar-refractivity contribution in [3.63, 3.8) is 0 Å². The summed E-state index contributed by atoms with van der Waals surface area (Å²) < 4.78 is 0. The molecule has 0 fully saturated rings. The molecule has 3 aliphatic carbocycles. The summed E-state index contributed by atoms with van der Waals surface area (Å²) in [6, 6.07) is 58.1. The zero-order valence-electron chi connectivity index (χ0n) is 30.6. The summed E-state index contributed by atoms with van der Waals surface area (Å²) in [5, 5.41) is 11.6. The van der Waals surface area contributed by atoms with Gasteiger partial charge in [-0.2, -0.15) is 0 Å². The molecule has 2 nitrogen and oxygen atoms in total. The first kappa shape index (κ1) is 31.8. The highest BCUT2D eigenvalue weighted by molar-refractivity contribution is 5.95. The molecule has 262 valence electrons. The van der Waals surface area contributed by atoms with E-state index < -0.39 is 0 Å². The summed E-state index contributed by atoms with van der Waals surface area (Å²) in [6.45, 7) is 0. The molecule has 0 aromatic heterocycles. The molecule has 11 rings (SSSR count). The molecule has 0 amide bonds. The number of fused-ring (bicyclic) bond motifs is 6. The zero-order valence-corrected chi connectivity index (χ0v) is 30.6. The Labute approximate surface area is 322 Å². The van der Waals surface area contributed by atoms with Crippen molar-refractivity contribution in [2.45, 2.75) is 24.8 Å². The molecule has 0 saturated carbocycles. The lowest BCUT2D eigenvalue weighted by Crippen LogP contribution is -2.37. The van der Waals surface area contributed by atoms with Crippen LogP contribution < -0.4 is 20.7 Å². The van der Waals surface area contributed by atoms with Crippen LogP contribution in [0.1, 0.15) is 47.1 Å². The molecule has 7 aromatic rings. The van der Waals surface area contributed by atoms with Crippen LogP contribution in [0.3, 0.4) is 0 Å². The van der Waals surface area contributed by atoms with Crippen LogP contribution in [0.2, 0.25) is 0 Å². The molecule has 0 saturated heterocycles. The maximum absolute atomic E-state index is 3.91. The SMILES string of the molecule is C1=CC(Nc2ccc(C3C=C(c4ccc5ccccc5c4)N3c3ccc4ccccc4c3)cc2)=C(C2C=c3ccccc3=C3C=Cc4ccccc4C32)CC1. The second-order valence-electron chi connectivity index (χ2n) is 15.3. The first-order chi connectivity index (χ1) is 27.2. The maximum atomic E-state index is 3.91. The van der Waals surface area contributed by atoms with Gasteiger partial charge in [0.1, 0.15) is 0 Å². The maximum Gasteiger partial charge on any atom is 0.0798 e. The van der Waals surface area contributed by atoms with E-state index in [0.29, 0.717) is 5.92 Å². The highest BCUT2D eigenvalue weighted by Crippen LogP contribution is 2.48. The van der Waals surface area contributed by atoms with Crippen LogP contribution in [-0.2, 0) is 0 Å². The molecule has 2 heteroatoms. The number of nitrogens with one attached hydrogen (secondary N) is 1. The average molecular weight is 705 g/mol. The van der Waals surface area contributed by atoms with Crippen molar-refractivity contribution in [1.29, 1.82) is 0 Å². The van der Waals surface area contributed by atoms with Crippen molar-refractivity contribution in [2.24, 2.45) is 5.92 Å². The fourth-order valence-corrected chi connectivity index (χ4v) is 9.43. The first-order valence-electron chi connectivity index (χ1n) is 19.6. The summed E-state index contributed by atoms with van der Waals surface area (Å²) in [5.41, 5.74) is 13.0. The van der Waals surface area contributed by atoms with Crippen LogP contribution in [-0.4, -0.2) is 0 Å². The van der Waals surface area contributed by atoms with Gasteiger partial charge >= 0.3 is 0 Å². The Balaban J connectivity index is 0.944. The molecular formula is C53H40N2. The Bertz CT molecular complexity index is 2920. The van der Waals surface area contributed by atoms with Crippen molar-refractivity contribution in [1.82, 2.24) is 0 Å². The van der Waals surface area contributed by atoms with Crippen LogP contribution >= 0.6 is 0 Å². The van der Waals surface area contributed by atoms with E-state index in [2.05, 4.69) is 204 Å². The summed E-state index contributed by atoms with van der Waals surface area (Å²) >= 11 is 0. The second kappa shape index (κ2) is 13.0. The second-order valence-corrected chi connectivity index (χ2v) is 15.3. The van der Waals surface area contributed by atoms with Gasteiger partial charge in [-0.3, -0.25) is 0 Å². The quantitative estimate of drug-likeness (QED) is 0.185. The van der Waals surface area contributed by atoms with Crippen molar-refractivity contribution in [3.8, 4) is 0 Å². The highest BCUT2D eigenvalue weighted by Gasteiger charge is 2.35. The Morgan fingerprint density at radius 2 is 1.31 bits per heavy atom. The Morgan fingerprint density at radius 3 is 2.16 bits per heavy atom. The normalized spacial score (nSPS) is 19.6. The number of benzene rings is 7. The number of nitrogens with zero attached hydrogens (tertiary/aromatic N) is 1. The minimum atomic E-state index is 0.131. The molecule has 3 unspecified atom stereocenters. The molecule has 3 atom stereocenters. The van der Waals surface area contributed by atoms with Gasteiger partial charge in [0.2, 0.25) is 0 Å². The summed E-state index contributed by atoms with van der Waals surface area (Å²) in [6.07, 6.45) is 16.4. The van der Waals surface area contributed by atoms with Crippen LogP contribution in [0.4, 0.5) is 11.4 Å². The van der Waals surface area contributed by atoms with Gasteiger partial charge in [-0.15, -0.1) is 0 Å². The van der Waals surface area contributed by atoms with E-state index in [1.54, 1.807) is 0 Å². The number of rotatable bonds is 6. The number of anilines is 2. The van der Waals surface area contributed by atoms with E-state index in [4.69, 9.17) is 0 Å². The summed E-state index contributed by atoms with van der Waals surface area (Å²) in [7, 11) is 0. The molecule has 0 spiro atoms. The third-order valence-corrected chi connectivity index (χ3v) is 12.2. The van der Waals surface area contributed by atoms with Gasteiger partial charge in [0.15, 0.2) is 0 Å². The third-order valence-electron chi connectivity index (χ3n) is 12.2. The van der Waals surface area contributed by atoms with Gasteiger partial charge in [-0.05, 0) is 121 Å². The topological polar surface area (TPSA) is 15.3 Å². The van der Waals surface area contributed by atoms with Gasteiger partial charge in [-0.1, -0.05) is 152 Å². The first-order valence-corrected chi connectivity index (χ1v) is 19.6. The van der Waals surface area contributed by atoms with Crippen LogP contribution in [0.25, 0.3) is 45.0 Å². The van der Waals surface area contributed by atoms with Crippen molar-refractivity contribution < 1.29 is 0 Å². The van der Waals surface area contributed by atoms with E-state index in [1.165, 1.54) is 82.5 Å². The van der Waals surface area contributed by atoms with Crippen LogP contribution in [0.5, 0.6) is 0 Å². The summed E-state index contributed by atoms with van der Waals surface area (Å²) in [4.78, 5) is 2.50. The van der Waals surface area contributed by atoms with Gasteiger partial charge < -0.3 is 10.2 Å². The Morgan fingerprint density at radius 1 is 0.582 bits per heavy atom. The van der Waals surface area contributed by atoms with E-state index in [0.717, 1.165) is 18.5 Å². The molecule has 55 heavy (non-hydrogen) atoms. The average Bonchev–Trinajstić information content (AvgIpc) is 3.23. The van der Waals surface area contributed by atoms with Gasteiger partial charge in [0.05, 0.1) is 6.04 Å². The minimum absolute atomic E-state index is 0.131. The highest BCUT2D eigenvalue weighted by atomic mass is 15.2. The largest absolute Gasteiger partial charge is 0.356 e. The molecule has 1 heterocycles. The molecule has 4 aliphatic rings. The molecule has 1 aliphatic heterocycles. The fraction of sp³-hybridized carbons (Fsp3) is 0.0943. The van der Waals surface area contributed by atoms with Crippen molar-refractivity contribution >= 4 is 56.3 Å². The summed E-state index contributed by atoms with van der Waals surface area (Å²) in [5.74, 6) is 0.562. The monoisotopic (exact) mass is 704 g/mol. The van der Waals surface area contributed by atoms with Gasteiger partial charge in [0, 0.05) is 34.6 Å². The number of hydrogen-bond acceptors (Lipinski definition) is 2. The van der Waals surface area contributed by atoms with E-state index in [9.17, 15) is 0 Å². The van der Waals surface area contributed by atoms with Crippen LogP contribution in [0, 0.1) is 5.92 Å². The van der Waals surface area contributed by atoms with E-state index >= 15 is 0 Å². The predicted molar refractivity (Wildman–Crippen MR) is 232 cm³/mol. The van der Waals surface area contributed by atoms with E-state index in [1.807, 2.05) is 0 Å². The zero-order chi connectivity index (χ0) is 36.3. The molecule has 7 aromatic carbocycles. The fourth-order valence-electron chi connectivity index (χ4n) is 9.43. The number of hydrogen-bond donors (Lipinski definition) is 1. The Kier molecular flexibility index (Phi) is 7.55. The smallest absolute Gasteiger partial charge is 0.0798 e. The van der Waals surface area contributed by atoms with E-state index in [-0.39, 0.29) is 12.0 Å². The predicted octanol–water partition coefficient (Wildman–Crippen LogP) is 11.7. The lowest BCUT2D eigenvalue weighted by molar-refractivity contribution is 0.660. The third kappa shape index (κ3) is 5.48. The van der Waals surface area contributed by atoms with Crippen molar-refractivity contribution in [3.05, 3.63) is 226 Å². The lowest BCUT2D eigenvalue weighted by atomic mass is 9.68. The van der Waals surface area contributed by atoms with Crippen LogP contribution in [0.15, 0.2) is 193 Å². The lowest BCUT2D eigenvalue weighted by Gasteiger charge is -2.43.